The lowest BCUT2D eigenvalue weighted by Crippen LogP contribution is -2.45. The number of carbonyl (C=O) groups is 1. The number of piperidine rings is 1. The van der Waals surface area contributed by atoms with Crippen molar-refractivity contribution in [2.24, 2.45) is 13.0 Å². The molecular weight excluding hydrogens is 550 g/mol. The first-order valence-electron chi connectivity index (χ1n) is 16.0. The third kappa shape index (κ3) is 7.12. The summed E-state index contributed by atoms with van der Waals surface area (Å²) in [5.41, 5.74) is 6.29. The van der Waals surface area contributed by atoms with Crippen molar-refractivity contribution in [3.05, 3.63) is 71.5 Å². The SMILES string of the molecule is CCN1CCN(Cc2ccc(Nc3nc4ccc(Oc5ccnc(CC(=O)C6CCN(C)CC6)c5)cc4n3C)cc2C)CC1. The number of likely N-dealkylation sites (tertiary alicyclic amines) is 1. The van der Waals surface area contributed by atoms with Crippen LogP contribution in [0.15, 0.2) is 54.7 Å². The minimum absolute atomic E-state index is 0.126. The van der Waals surface area contributed by atoms with Crippen molar-refractivity contribution in [3.8, 4) is 11.5 Å². The maximum atomic E-state index is 12.9. The van der Waals surface area contributed by atoms with E-state index in [0.717, 1.165) is 93.6 Å². The third-order valence-electron chi connectivity index (χ3n) is 9.31. The van der Waals surface area contributed by atoms with Gasteiger partial charge in [0.25, 0.3) is 0 Å². The van der Waals surface area contributed by atoms with Gasteiger partial charge in [0.05, 0.1) is 16.7 Å². The van der Waals surface area contributed by atoms with E-state index in [1.807, 2.05) is 37.4 Å². The van der Waals surface area contributed by atoms with Gasteiger partial charge in [0.1, 0.15) is 17.3 Å². The number of hydrogen-bond acceptors (Lipinski definition) is 8. The van der Waals surface area contributed by atoms with Crippen molar-refractivity contribution >= 4 is 28.5 Å². The number of piperazine rings is 1. The Morgan fingerprint density at radius 3 is 2.43 bits per heavy atom. The quantitative estimate of drug-likeness (QED) is 0.261. The molecule has 0 spiro atoms. The summed E-state index contributed by atoms with van der Waals surface area (Å²) in [5.74, 6) is 2.56. The van der Waals surface area contributed by atoms with Gasteiger partial charge < -0.3 is 24.4 Å². The number of likely N-dealkylation sites (N-methyl/N-ethyl adjacent to an activating group) is 1. The number of ether oxygens (including phenoxy) is 1. The summed E-state index contributed by atoms with van der Waals surface area (Å²) >= 11 is 0. The number of nitrogens with one attached hydrogen (secondary N) is 1. The van der Waals surface area contributed by atoms with Gasteiger partial charge in [-0.2, -0.15) is 0 Å². The van der Waals surface area contributed by atoms with Crippen molar-refractivity contribution in [2.45, 2.75) is 39.7 Å². The molecule has 4 aromatic rings. The summed E-state index contributed by atoms with van der Waals surface area (Å²) in [5, 5.41) is 3.52. The first kappa shape index (κ1) is 30.2. The molecule has 0 radical (unpaired) electrons. The van der Waals surface area contributed by atoms with Crippen molar-refractivity contribution in [1.29, 1.82) is 0 Å². The van der Waals surface area contributed by atoms with E-state index in [4.69, 9.17) is 9.72 Å². The van der Waals surface area contributed by atoms with E-state index in [0.29, 0.717) is 17.9 Å². The minimum Gasteiger partial charge on any atom is -0.457 e. The lowest BCUT2D eigenvalue weighted by molar-refractivity contribution is -0.123. The number of carbonyl (C=O) groups excluding carboxylic acids is 1. The van der Waals surface area contributed by atoms with Gasteiger partial charge in [0.2, 0.25) is 5.95 Å². The van der Waals surface area contributed by atoms with Gasteiger partial charge in [-0.1, -0.05) is 13.0 Å². The summed E-state index contributed by atoms with van der Waals surface area (Å²) in [6.45, 7) is 13.1. The van der Waals surface area contributed by atoms with Crippen LogP contribution in [0.25, 0.3) is 11.0 Å². The number of aromatic nitrogens is 3. The van der Waals surface area contributed by atoms with Gasteiger partial charge >= 0.3 is 0 Å². The number of imidazole rings is 1. The second-order valence-corrected chi connectivity index (χ2v) is 12.4. The zero-order chi connectivity index (χ0) is 30.6. The van der Waals surface area contributed by atoms with E-state index in [2.05, 4.69) is 68.7 Å². The van der Waals surface area contributed by atoms with Gasteiger partial charge in [-0.3, -0.25) is 14.7 Å². The van der Waals surface area contributed by atoms with E-state index >= 15 is 0 Å². The zero-order valence-electron chi connectivity index (χ0n) is 26.6. The van der Waals surface area contributed by atoms with Gasteiger partial charge in [-0.15, -0.1) is 0 Å². The number of pyridine rings is 1. The fourth-order valence-corrected chi connectivity index (χ4v) is 6.34. The van der Waals surface area contributed by atoms with Gasteiger partial charge in [0, 0.05) is 76.1 Å². The molecule has 0 amide bonds. The van der Waals surface area contributed by atoms with Crippen molar-refractivity contribution in [1.82, 2.24) is 29.2 Å². The van der Waals surface area contributed by atoms with Crippen LogP contribution in [0.2, 0.25) is 0 Å². The number of anilines is 2. The maximum Gasteiger partial charge on any atom is 0.208 e. The average molecular weight is 596 g/mol. The van der Waals surface area contributed by atoms with E-state index in [1.54, 1.807) is 6.20 Å². The summed E-state index contributed by atoms with van der Waals surface area (Å²) < 4.78 is 8.28. The normalized spacial score (nSPS) is 17.3. The third-order valence-corrected chi connectivity index (χ3v) is 9.31. The van der Waals surface area contributed by atoms with Crippen LogP contribution in [0.4, 0.5) is 11.6 Å². The second kappa shape index (κ2) is 13.5. The van der Waals surface area contributed by atoms with E-state index in [-0.39, 0.29) is 11.7 Å². The van der Waals surface area contributed by atoms with E-state index in [1.165, 1.54) is 11.1 Å². The Morgan fingerprint density at radius 2 is 1.68 bits per heavy atom. The number of rotatable bonds is 10. The van der Waals surface area contributed by atoms with E-state index < -0.39 is 0 Å². The molecule has 2 saturated heterocycles. The molecule has 44 heavy (non-hydrogen) atoms. The molecule has 2 aliphatic heterocycles. The smallest absolute Gasteiger partial charge is 0.208 e. The topological polar surface area (TPSA) is 78.8 Å². The van der Waals surface area contributed by atoms with Crippen LogP contribution >= 0.6 is 0 Å². The molecule has 9 nitrogen and oxygen atoms in total. The second-order valence-electron chi connectivity index (χ2n) is 12.4. The van der Waals surface area contributed by atoms with Crippen molar-refractivity contribution in [2.75, 3.05) is 58.2 Å². The first-order chi connectivity index (χ1) is 21.3. The molecule has 2 fully saturated rings. The number of Topliss-reactive ketones (excluding diaryl/α,β-unsaturated/α-hetero) is 1. The summed E-state index contributed by atoms with van der Waals surface area (Å²) in [6.07, 6.45) is 3.92. The molecule has 4 heterocycles. The highest BCUT2D eigenvalue weighted by Gasteiger charge is 2.24. The Bertz CT molecular complexity index is 1600. The van der Waals surface area contributed by atoms with Crippen LogP contribution in [-0.2, 0) is 24.8 Å². The van der Waals surface area contributed by atoms with Crippen LogP contribution in [0, 0.1) is 12.8 Å². The molecule has 2 aromatic heterocycles. The summed E-state index contributed by atoms with van der Waals surface area (Å²) in [4.78, 5) is 29.5. The number of aryl methyl sites for hydroxylation is 2. The Balaban J connectivity index is 1.10. The molecule has 0 aliphatic carbocycles. The number of ketones is 1. The fourth-order valence-electron chi connectivity index (χ4n) is 6.34. The Morgan fingerprint density at radius 1 is 0.932 bits per heavy atom. The predicted octanol–water partition coefficient (Wildman–Crippen LogP) is 5.40. The molecule has 0 atom stereocenters. The summed E-state index contributed by atoms with van der Waals surface area (Å²) in [6, 6.07) is 16.2. The highest BCUT2D eigenvalue weighted by Crippen LogP contribution is 2.29. The Kier molecular flexibility index (Phi) is 9.25. The standard InChI is InChI=1S/C35H45N7O2/c1-5-41-16-18-42(19-17-41)24-27-6-7-28(20-25(27)2)37-35-38-32-9-8-30(23-33(32)40(35)4)44-31-10-13-36-29(21-31)22-34(43)26-11-14-39(3)15-12-26/h6-10,13,20-21,23,26H,5,11-12,14-19,22,24H2,1-4H3,(H,37,38). The molecular formula is C35H45N7O2. The van der Waals surface area contributed by atoms with Crippen LogP contribution in [0.1, 0.15) is 36.6 Å². The minimum atomic E-state index is 0.126. The van der Waals surface area contributed by atoms with Gasteiger partial charge in [-0.25, -0.2) is 4.98 Å². The monoisotopic (exact) mass is 595 g/mol. The lowest BCUT2D eigenvalue weighted by Gasteiger charge is -2.34. The molecule has 2 aliphatic rings. The molecule has 6 rings (SSSR count). The molecule has 2 aromatic carbocycles. The largest absolute Gasteiger partial charge is 0.457 e. The van der Waals surface area contributed by atoms with Crippen LogP contribution in [0.3, 0.4) is 0 Å². The average Bonchev–Trinajstić information content (AvgIpc) is 3.33. The predicted molar refractivity (Wildman–Crippen MR) is 176 cm³/mol. The lowest BCUT2D eigenvalue weighted by atomic mass is 9.90. The first-order valence-corrected chi connectivity index (χ1v) is 16.0. The van der Waals surface area contributed by atoms with Gasteiger partial charge in [0.15, 0.2) is 0 Å². The highest BCUT2D eigenvalue weighted by molar-refractivity contribution is 5.83. The van der Waals surface area contributed by atoms with Crippen molar-refractivity contribution < 1.29 is 9.53 Å². The molecule has 0 bridgehead atoms. The number of hydrogen-bond donors (Lipinski definition) is 1. The fraction of sp³-hybridized carbons (Fsp3) is 0.457. The highest BCUT2D eigenvalue weighted by atomic mass is 16.5. The Hall–Kier alpha value is -3.79. The number of fused-ring (bicyclic) bond motifs is 1. The molecule has 9 heteroatoms. The number of nitrogens with zero attached hydrogens (tertiary/aromatic N) is 6. The van der Waals surface area contributed by atoms with Gasteiger partial charge in [-0.05, 0) is 87.9 Å². The molecule has 0 saturated carbocycles. The Labute approximate surface area is 260 Å². The zero-order valence-corrected chi connectivity index (χ0v) is 26.6. The van der Waals surface area contributed by atoms with Crippen molar-refractivity contribution in [3.63, 3.8) is 0 Å². The van der Waals surface area contributed by atoms with Crippen LogP contribution in [-0.4, -0.2) is 87.9 Å². The molecule has 0 unspecified atom stereocenters. The van der Waals surface area contributed by atoms with Crippen LogP contribution in [0.5, 0.6) is 11.5 Å². The van der Waals surface area contributed by atoms with Crippen LogP contribution < -0.4 is 10.1 Å². The molecule has 1 N–H and O–H groups in total. The van der Waals surface area contributed by atoms with E-state index in [9.17, 15) is 4.79 Å². The number of benzene rings is 2. The molecule has 232 valence electrons. The summed E-state index contributed by atoms with van der Waals surface area (Å²) in [7, 11) is 4.12. The maximum absolute atomic E-state index is 12.9.